The van der Waals surface area contributed by atoms with Crippen LogP contribution in [0.1, 0.15) is 18.9 Å². The molecule has 1 aliphatic heterocycles. The van der Waals surface area contributed by atoms with Gasteiger partial charge in [-0.3, -0.25) is 0 Å². The molecule has 0 saturated heterocycles. The Balaban J connectivity index is 2.16. The minimum atomic E-state index is -0.273. The van der Waals surface area contributed by atoms with Crippen molar-refractivity contribution in [1.29, 1.82) is 0 Å². The van der Waals surface area contributed by atoms with Crippen molar-refractivity contribution in [3.63, 3.8) is 0 Å². The largest absolute Gasteiger partial charge is 0.486 e. The lowest BCUT2D eigenvalue weighted by Gasteiger charge is -2.21. The van der Waals surface area contributed by atoms with Gasteiger partial charge in [-0.2, -0.15) is 0 Å². The van der Waals surface area contributed by atoms with Gasteiger partial charge < -0.3 is 14.6 Å². The summed E-state index contributed by atoms with van der Waals surface area (Å²) in [6, 6.07) is 5.90. The van der Waals surface area contributed by atoms with Crippen molar-refractivity contribution in [3.05, 3.63) is 23.8 Å². The van der Waals surface area contributed by atoms with Crippen LogP contribution in [0.3, 0.4) is 0 Å². The summed E-state index contributed by atoms with van der Waals surface area (Å²) in [4.78, 5) is 0. The number of fused-ring (bicyclic) bond motifs is 1. The van der Waals surface area contributed by atoms with Gasteiger partial charge in [-0.25, -0.2) is 0 Å². The van der Waals surface area contributed by atoms with Crippen molar-refractivity contribution in [2.75, 3.05) is 13.2 Å². The number of aryl methyl sites for hydroxylation is 1. The third-order valence-corrected chi connectivity index (χ3v) is 2.48. The highest BCUT2D eigenvalue weighted by atomic mass is 16.6. The molecule has 1 aromatic rings. The smallest absolute Gasteiger partial charge is 0.164 e. The molecule has 0 saturated carbocycles. The summed E-state index contributed by atoms with van der Waals surface area (Å²) in [7, 11) is 0. The normalized spacial score (nSPS) is 16.1. The molecule has 0 aliphatic carbocycles. The molecule has 0 bridgehead atoms. The minimum Gasteiger partial charge on any atom is -0.486 e. The Labute approximate surface area is 89.6 Å². The zero-order chi connectivity index (χ0) is 10.7. The van der Waals surface area contributed by atoms with E-state index >= 15 is 0 Å². The van der Waals surface area contributed by atoms with E-state index in [4.69, 9.17) is 9.47 Å². The van der Waals surface area contributed by atoms with Crippen molar-refractivity contribution in [1.82, 2.24) is 0 Å². The Kier molecular flexibility index (Phi) is 3.11. The van der Waals surface area contributed by atoms with Gasteiger partial charge in [0.25, 0.3) is 0 Å². The lowest BCUT2D eigenvalue weighted by molar-refractivity contribution is 0.166. The third kappa shape index (κ3) is 2.42. The third-order valence-electron chi connectivity index (χ3n) is 2.48. The van der Waals surface area contributed by atoms with Crippen LogP contribution in [0.5, 0.6) is 11.5 Å². The van der Waals surface area contributed by atoms with Gasteiger partial charge in [0.15, 0.2) is 11.5 Å². The summed E-state index contributed by atoms with van der Waals surface area (Å²) < 4.78 is 11.1. The van der Waals surface area contributed by atoms with E-state index in [1.165, 1.54) is 0 Å². The number of rotatable bonds is 3. The number of aliphatic hydroxyl groups is 1. The van der Waals surface area contributed by atoms with E-state index in [-0.39, 0.29) is 6.10 Å². The predicted molar refractivity (Wildman–Crippen MR) is 57.4 cm³/mol. The summed E-state index contributed by atoms with van der Waals surface area (Å²) in [5.74, 6) is 1.67. The Hall–Kier alpha value is -1.22. The number of hydrogen-bond acceptors (Lipinski definition) is 3. The molecule has 0 fully saturated rings. The standard InChI is InChI=1S/C12H16O3/c1-9(13)5-6-10-3-2-4-11-12(10)15-8-7-14-11/h2-4,9,13H,5-8H2,1H3/t9-/m1/s1. The maximum atomic E-state index is 9.25. The van der Waals surface area contributed by atoms with Crippen LogP contribution >= 0.6 is 0 Å². The molecule has 1 atom stereocenters. The summed E-state index contributed by atoms with van der Waals surface area (Å²) in [5, 5.41) is 9.25. The molecule has 2 rings (SSSR count). The molecule has 0 spiro atoms. The maximum Gasteiger partial charge on any atom is 0.164 e. The Bertz CT molecular complexity index is 334. The highest BCUT2D eigenvalue weighted by Gasteiger charge is 2.15. The van der Waals surface area contributed by atoms with Crippen molar-refractivity contribution >= 4 is 0 Å². The molecule has 82 valence electrons. The van der Waals surface area contributed by atoms with E-state index in [2.05, 4.69) is 0 Å². The second-order valence-electron chi connectivity index (χ2n) is 3.83. The van der Waals surface area contributed by atoms with Gasteiger partial charge in [-0.1, -0.05) is 12.1 Å². The highest BCUT2D eigenvalue weighted by Crippen LogP contribution is 2.34. The van der Waals surface area contributed by atoms with Crippen molar-refractivity contribution < 1.29 is 14.6 Å². The topological polar surface area (TPSA) is 38.7 Å². The zero-order valence-corrected chi connectivity index (χ0v) is 8.90. The summed E-state index contributed by atoms with van der Waals surface area (Å²) in [6.07, 6.45) is 1.30. The first-order chi connectivity index (χ1) is 7.27. The zero-order valence-electron chi connectivity index (χ0n) is 8.90. The fraction of sp³-hybridized carbons (Fsp3) is 0.500. The van der Waals surface area contributed by atoms with Crippen molar-refractivity contribution in [2.24, 2.45) is 0 Å². The van der Waals surface area contributed by atoms with E-state index in [0.29, 0.717) is 13.2 Å². The van der Waals surface area contributed by atoms with E-state index in [1.807, 2.05) is 18.2 Å². The van der Waals surface area contributed by atoms with Crippen LogP contribution in [-0.2, 0) is 6.42 Å². The van der Waals surface area contributed by atoms with Gasteiger partial charge in [0.2, 0.25) is 0 Å². The monoisotopic (exact) mass is 208 g/mol. The summed E-state index contributed by atoms with van der Waals surface area (Å²) in [5.41, 5.74) is 1.12. The Morgan fingerprint density at radius 3 is 2.93 bits per heavy atom. The van der Waals surface area contributed by atoms with Gasteiger partial charge in [0.1, 0.15) is 13.2 Å². The van der Waals surface area contributed by atoms with E-state index in [0.717, 1.165) is 29.9 Å². The number of para-hydroxylation sites is 1. The van der Waals surface area contributed by atoms with E-state index in [9.17, 15) is 5.11 Å². The molecule has 15 heavy (non-hydrogen) atoms. The first kappa shape index (κ1) is 10.3. The molecule has 1 heterocycles. The van der Waals surface area contributed by atoms with Crippen LogP contribution in [0, 0.1) is 0 Å². The number of aliphatic hydroxyl groups excluding tert-OH is 1. The molecule has 0 radical (unpaired) electrons. The number of ether oxygens (including phenoxy) is 2. The summed E-state index contributed by atoms with van der Waals surface area (Å²) >= 11 is 0. The van der Waals surface area contributed by atoms with Gasteiger partial charge in [0, 0.05) is 0 Å². The Morgan fingerprint density at radius 1 is 1.33 bits per heavy atom. The molecule has 3 nitrogen and oxygen atoms in total. The average molecular weight is 208 g/mol. The van der Waals surface area contributed by atoms with Crippen LogP contribution in [-0.4, -0.2) is 24.4 Å². The minimum absolute atomic E-state index is 0.273. The highest BCUT2D eigenvalue weighted by molar-refractivity contribution is 5.47. The van der Waals surface area contributed by atoms with Gasteiger partial charge in [-0.05, 0) is 31.4 Å². The average Bonchev–Trinajstić information content (AvgIpc) is 2.26. The molecule has 0 unspecified atom stereocenters. The lowest BCUT2D eigenvalue weighted by atomic mass is 10.1. The fourth-order valence-electron chi connectivity index (χ4n) is 1.70. The first-order valence-corrected chi connectivity index (χ1v) is 5.33. The molecule has 1 aliphatic rings. The Morgan fingerprint density at radius 2 is 2.13 bits per heavy atom. The van der Waals surface area contributed by atoms with Crippen LogP contribution in [0.4, 0.5) is 0 Å². The van der Waals surface area contributed by atoms with Crippen LogP contribution in [0.15, 0.2) is 18.2 Å². The van der Waals surface area contributed by atoms with Crippen molar-refractivity contribution in [2.45, 2.75) is 25.9 Å². The molecule has 1 aromatic carbocycles. The maximum absolute atomic E-state index is 9.25. The molecule has 0 aromatic heterocycles. The SMILES string of the molecule is C[C@@H](O)CCc1cccc2c1OCCO2. The van der Waals surface area contributed by atoms with Crippen LogP contribution in [0.25, 0.3) is 0 Å². The van der Waals surface area contributed by atoms with Gasteiger partial charge in [0.05, 0.1) is 6.10 Å². The quantitative estimate of drug-likeness (QED) is 0.822. The van der Waals surface area contributed by atoms with Crippen molar-refractivity contribution in [3.8, 4) is 11.5 Å². The van der Waals surface area contributed by atoms with Gasteiger partial charge in [-0.15, -0.1) is 0 Å². The summed E-state index contributed by atoms with van der Waals surface area (Å²) in [6.45, 7) is 3.03. The predicted octanol–water partition coefficient (Wildman–Crippen LogP) is 1.77. The molecule has 0 amide bonds. The second kappa shape index (κ2) is 4.53. The first-order valence-electron chi connectivity index (χ1n) is 5.33. The van der Waals surface area contributed by atoms with E-state index in [1.54, 1.807) is 6.92 Å². The van der Waals surface area contributed by atoms with Crippen LogP contribution < -0.4 is 9.47 Å². The lowest BCUT2D eigenvalue weighted by Crippen LogP contribution is -2.16. The molecular weight excluding hydrogens is 192 g/mol. The van der Waals surface area contributed by atoms with Gasteiger partial charge >= 0.3 is 0 Å². The van der Waals surface area contributed by atoms with Crippen LogP contribution in [0.2, 0.25) is 0 Å². The molecular formula is C12H16O3. The number of hydrogen-bond donors (Lipinski definition) is 1. The molecule has 1 N–H and O–H groups in total. The number of benzene rings is 1. The molecule has 3 heteroatoms. The second-order valence-corrected chi connectivity index (χ2v) is 3.83. The van der Waals surface area contributed by atoms with E-state index < -0.39 is 0 Å². The fourth-order valence-corrected chi connectivity index (χ4v) is 1.70.